The summed E-state index contributed by atoms with van der Waals surface area (Å²) < 4.78 is 5.68. The van der Waals surface area contributed by atoms with Crippen molar-refractivity contribution in [2.45, 2.75) is 39.4 Å². The van der Waals surface area contributed by atoms with Crippen LogP contribution in [0, 0.1) is 0 Å². The van der Waals surface area contributed by atoms with Crippen molar-refractivity contribution in [1.82, 2.24) is 10.6 Å². The summed E-state index contributed by atoms with van der Waals surface area (Å²) in [4.78, 5) is 13.2. The second-order valence-corrected chi connectivity index (χ2v) is 7.41. The molecule has 23 heavy (non-hydrogen) atoms. The van der Waals surface area contributed by atoms with Gasteiger partial charge in [-0.25, -0.2) is 0 Å². The molecule has 1 aromatic heterocycles. The summed E-state index contributed by atoms with van der Waals surface area (Å²) in [5, 5.41) is 8.36. The molecule has 0 aliphatic carbocycles. The zero-order valence-electron chi connectivity index (χ0n) is 13.9. The van der Waals surface area contributed by atoms with Crippen molar-refractivity contribution in [1.29, 1.82) is 0 Å². The Morgan fingerprint density at radius 2 is 1.91 bits per heavy atom. The number of hydrogen-bond donors (Lipinski definition) is 2. The first kappa shape index (κ1) is 17.5. The Balaban J connectivity index is 1.85. The standard InChI is InChI=1S/C18H24N2O2S/c1-18(2,3)20-17(21)13-22-16-9-5-4-7-14(16)11-19-12-15-8-6-10-23-15/h4-10,19H,11-13H2,1-3H3,(H,20,21). The predicted octanol–water partition coefficient (Wildman–Crippen LogP) is 3.33. The van der Waals surface area contributed by atoms with Crippen LogP contribution in [0.5, 0.6) is 5.75 Å². The Labute approximate surface area is 141 Å². The van der Waals surface area contributed by atoms with E-state index in [9.17, 15) is 4.79 Å². The largest absolute Gasteiger partial charge is 0.483 e. The van der Waals surface area contributed by atoms with Gasteiger partial charge < -0.3 is 15.4 Å². The number of hydrogen-bond acceptors (Lipinski definition) is 4. The minimum Gasteiger partial charge on any atom is -0.483 e. The van der Waals surface area contributed by atoms with Gasteiger partial charge in [-0.2, -0.15) is 0 Å². The van der Waals surface area contributed by atoms with Crippen LogP contribution in [0.2, 0.25) is 0 Å². The smallest absolute Gasteiger partial charge is 0.258 e. The van der Waals surface area contributed by atoms with Crippen molar-refractivity contribution in [2.75, 3.05) is 6.61 Å². The van der Waals surface area contributed by atoms with Gasteiger partial charge >= 0.3 is 0 Å². The van der Waals surface area contributed by atoms with E-state index in [2.05, 4.69) is 22.1 Å². The molecule has 1 aromatic carbocycles. The highest BCUT2D eigenvalue weighted by Crippen LogP contribution is 2.18. The lowest BCUT2D eigenvalue weighted by molar-refractivity contribution is -0.124. The van der Waals surface area contributed by atoms with E-state index >= 15 is 0 Å². The van der Waals surface area contributed by atoms with E-state index in [-0.39, 0.29) is 18.1 Å². The number of nitrogens with one attached hydrogen (secondary N) is 2. The zero-order valence-corrected chi connectivity index (χ0v) is 14.7. The maximum atomic E-state index is 11.9. The quantitative estimate of drug-likeness (QED) is 0.818. The highest BCUT2D eigenvalue weighted by molar-refractivity contribution is 7.09. The minimum absolute atomic E-state index is 0.0270. The summed E-state index contributed by atoms with van der Waals surface area (Å²) in [6.45, 7) is 7.42. The fourth-order valence-corrected chi connectivity index (χ4v) is 2.80. The molecule has 4 nitrogen and oxygen atoms in total. The number of carbonyl (C=O) groups is 1. The van der Waals surface area contributed by atoms with Gasteiger partial charge in [-0.1, -0.05) is 24.3 Å². The molecule has 0 radical (unpaired) electrons. The number of amides is 1. The third-order valence-corrected chi connectivity index (χ3v) is 3.92. The number of para-hydroxylation sites is 1. The lowest BCUT2D eigenvalue weighted by Gasteiger charge is -2.20. The van der Waals surface area contributed by atoms with E-state index < -0.39 is 0 Å². The molecule has 124 valence electrons. The van der Waals surface area contributed by atoms with Crippen LogP contribution < -0.4 is 15.4 Å². The van der Waals surface area contributed by atoms with Gasteiger partial charge in [-0.05, 0) is 38.3 Å². The molecule has 0 spiro atoms. The first-order valence-corrected chi connectivity index (χ1v) is 8.57. The second-order valence-electron chi connectivity index (χ2n) is 6.38. The first-order chi connectivity index (χ1) is 10.9. The van der Waals surface area contributed by atoms with E-state index in [0.29, 0.717) is 6.54 Å². The summed E-state index contributed by atoms with van der Waals surface area (Å²) in [7, 11) is 0. The number of carbonyl (C=O) groups excluding carboxylic acids is 1. The summed E-state index contributed by atoms with van der Waals surface area (Å²) in [6.07, 6.45) is 0. The molecule has 2 aromatic rings. The molecule has 0 saturated heterocycles. The van der Waals surface area contributed by atoms with E-state index in [4.69, 9.17) is 4.74 Å². The Morgan fingerprint density at radius 1 is 1.13 bits per heavy atom. The molecule has 5 heteroatoms. The molecule has 1 amide bonds. The van der Waals surface area contributed by atoms with Crippen molar-refractivity contribution in [3.63, 3.8) is 0 Å². The van der Waals surface area contributed by atoms with Gasteiger partial charge in [0, 0.05) is 29.1 Å². The number of ether oxygens (including phenoxy) is 1. The van der Waals surface area contributed by atoms with Gasteiger partial charge in [0.25, 0.3) is 5.91 Å². The molecule has 0 fully saturated rings. The van der Waals surface area contributed by atoms with Crippen LogP contribution in [-0.4, -0.2) is 18.1 Å². The van der Waals surface area contributed by atoms with E-state index in [0.717, 1.165) is 17.9 Å². The lowest BCUT2D eigenvalue weighted by atomic mass is 10.1. The van der Waals surface area contributed by atoms with Crippen molar-refractivity contribution in [2.24, 2.45) is 0 Å². The monoisotopic (exact) mass is 332 g/mol. The van der Waals surface area contributed by atoms with Gasteiger partial charge in [-0.3, -0.25) is 4.79 Å². The highest BCUT2D eigenvalue weighted by atomic mass is 32.1. The Bertz CT molecular complexity index is 618. The van der Waals surface area contributed by atoms with Gasteiger partial charge in [0.1, 0.15) is 5.75 Å². The molecule has 0 atom stereocenters. The van der Waals surface area contributed by atoms with Gasteiger partial charge in [0.15, 0.2) is 6.61 Å². The van der Waals surface area contributed by atoms with Crippen molar-refractivity contribution in [3.8, 4) is 5.75 Å². The highest BCUT2D eigenvalue weighted by Gasteiger charge is 2.14. The van der Waals surface area contributed by atoms with Crippen LogP contribution in [0.3, 0.4) is 0 Å². The van der Waals surface area contributed by atoms with E-state index in [1.165, 1.54) is 4.88 Å². The van der Waals surface area contributed by atoms with E-state index in [1.807, 2.05) is 51.1 Å². The van der Waals surface area contributed by atoms with Gasteiger partial charge in [0.2, 0.25) is 0 Å². The number of thiophene rings is 1. The Morgan fingerprint density at radius 3 is 2.61 bits per heavy atom. The van der Waals surface area contributed by atoms with Crippen molar-refractivity contribution in [3.05, 3.63) is 52.2 Å². The fourth-order valence-electron chi connectivity index (χ4n) is 2.12. The second kappa shape index (κ2) is 8.13. The lowest BCUT2D eigenvalue weighted by Crippen LogP contribution is -2.43. The third kappa shape index (κ3) is 6.42. The normalized spacial score (nSPS) is 11.3. The minimum atomic E-state index is -0.248. The average molecular weight is 332 g/mol. The molecule has 0 bridgehead atoms. The molecule has 2 rings (SSSR count). The molecule has 0 saturated carbocycles. The van der Waals surface area contributed by atoms with Crippen LogP contribution in [0.15, 0.2) is 41.8 Å². The fraction of sp³-hybridized carbons (Fsp3) is 0.389. The summed E-state index contributed by atoms with van der Waals surface area (Å²) >= 11 is 1.73. The molecular formula is C18H24N2O2S. The van der Waals surface area contributed by atoms with Gasteiger partial charge in [-0.15, -0.1) is 11.3 Å². The van der Waals surface area contributed by atoms with E-state index in [1.54, 1.807) is 11.3 Å². The van der Waals surface area contributed by atoms with Gasteiger partial charge in [0.05, 0.1) is 0 Å². The number of rotatable bonds is 7. The molecule has 0 aliphatic heterocycles. The van der Waals surface area contributed by atoms with Crippen LogP contribution in [-0.2, 0) is 17.9 Å². The van der Waals surface area contributed by atoms with Crippen LogP contribution in [0.25, 0.3) is 0 Å². The third-order valence-electron chi connectivity index (χ3n) is 3.04. The maximum Gasteiger partial charge on any atom is 0.258 e. The van der Waals surface area contributed by atoms with Crippen LogP contribution >= 0.6 is 11.3 Å². The summed E-state index contributed by atoms with van der Waals surface area (Å²) in [5.41, 5.74) is 0.801. The molecular weight excluding hydrogens is 308 g/mol. The average Bonchev–Trinajstić information content (AvgIpc) is 2.98. The van der Waals surface area contributed by atoms with Crippen molar-refractivity contribution < 1.29 is 9.53 Å². The molecule has 2 N–H and O–H groups in total. The van der Waals surface area contributed by atoms with Crippen LogP contribution in [0.1, 0.15) is 31.2 Å². The maximum absolute atomic E-state index is 11.9. The Kier molecular flexibility index (Phi) is 6.19. The SMILES string of the molecule is CC(C)(C)NC(=O)COc1ccccc1CNCc1cccs1. The predicted molar refractivity (Wildman–Crippen MR) is 94.7 cm³/mol. The number of benzene rings is 1. The van der Waals surface area contributed by atoms with Crippen molar-refractivity contribution >= 4 is 17.2 Å². The molecule has 0 aliphatic rings. The zero-order chi connectivity index (χ0) is 16.7. The summed E-state index contributed by atoms with van der Waals surface area (Å²) in [5.74, 6) is 0.633. The molecule has 0 unspecified atom stereocenters. The van der Waals surface area contributed by atoms with Crippen LogP contribution in [0.4, 0.5) is 0 Å². The first-order valence-electron chi connectivity index (χ1n) is 7.69. The molecule has 1 heterocycles. The summed E-state index contributed by atoms with van der Waals surface area (Å²) in [6, 6.07) is 12.0. The topological polar surface area (TPSA) is 50.4 Å². The Hall–Kier alpha value is -1.85.